The number of carbonyl (C=O) groups is 1. The molecule has 2 aromatic carbocycles. The van der Waals surface area contributed by atoms with Crippen molar-refractivity contribution in [2.45, 2.75) is 13.8 Å². The van der Waals surface area contributed by atoms with Gasteiger partial charge in [0.05, 0.1) is 13.2 Å². The van der Waals surface area contributed by atoms with Crippen LogP contribution in [0.5, 0.6) is 11.5 Å². The Morgan fingerprint density at radius 1 is 1.15 bits per heavy atom. The second-order valence-corrected chi connectivity index (χ2v) is 6.03. The number of rotatable bonds is 7. The molecule has 26 heavy (non-hydrogen) atoms. The number of ether oxygens (including phenoxy) is 2. The number of halogens is 1. The molecule has 0 unspecified atom stereocenters. The predicted octanol–water partition coefficient (Wildman–Crippen LogP) is 4.79. The molecular formula is C20H19BrN2O3. The molecule has 0 bridgehead atoms. The second-order valence-electron chi connectivity index (χ2n) is 5.18. The number of hydrogen-bond acceptors (Lipinski definition) is 4. The van der Waals surface area contributed by atoms with Gasteiger partial charge in [0.1, 0.15) is 11.6 Å². The minimum atomic E-state index is -0.475. The van der Waals surface area contributed by atoms with Crippen LogP contribution in [0.1, 0.15) is 19.4 Å². The first-order valence-corrected chi connectivity index (χ1v) is 8.95. The lowest BCUT2D eigenvalue weighted by molar-refractivity contribution is -0.112. The van der Waals surface area contributed by atoms with E-state index in [9.17, 15) is 10.1 Å². The summed E-state index contributed by atoms with van der Waals surface area (Å²) in [7, 11) is 0. The maximum absolute atomic E-state index is 12.4. The summed E-state index contributed by atoms with van der Waals surface area (Å²) in [6.45, 7) is 4.75. The first-order valence-electron chi connectivity index (χ1n) is 8.16. The van der Waals surface area contributed by atoms with E-state index >= 15 is 0 Å². The lowest BCUT2D eigenvalue weighted by Crippen LogP contribution is -2.13. The van der Waals surface area contributed by atoms with Crippen LogP contribution in [-0.4, -0.2) is 19.1 Å². The van der Waals surface area contributed by atoms with Gasteiger partial charge in [-0.3, -0.25) is 4.79 Å². The molecule has 134 valence electrons. The van der Waals surface area contributed by atoms with E-state index in [0.717, 1.165) is 0 Å². The van der Waals surface area contributed by atoms with Crippen LogP contribution in [0.15, 0.2) is 52.5 Å². The van der Waals surface area contributed by atoms with Crippen LogP contribution in [0.25, 0.3) is 6.08 Å². The topological polar surface area (TPSA) is 71.3 Å². The number of nitrogens with zero attached hydrogens (tertiary/aromatic N) is 1. The van der Waals surface area contributed by atoms with Crippen molar-refractivity contribution < 1.29 is 14.3 Å². The molecule has 0 fully saturated rings. The number of hydrogen-bond donors (Lipinski definition) is 1. The lowest BCUT2D eigenvalue weighted by Gasteiger charge is -2.13. The Hall–Kier alpha value is -2.78. The van der Waals surface area contributed by atoms with Gasteiger partial charge < -0.3 is 14.8 Å². The standard InChI is InChI=1S/C20H19BrN2O3/c1-3-25-18-11-14(17(21)12-19(18)26-4-2)10-15(13-22)20(24)23-16-8-6-5-7-9-16/h5-12H,3-4H2,1-2H3,(H,23,24)/b15-10-. The second kappa shape index (κ2) is 9.64. The fourth-order valence-electron chi connectivity index (χ4n) is 2.22. The highest BCUT2D eigenvalue weighted by atomic mass is 79.9. The highest BCUT2D eigenvalue weighted by Gasteiger charge is 2.14. The van der Waals surface area contributed by atoms with Crippen LogP contribution in [0.3, 0.4) is 0 Å². The SMILES string of the molecule is CCOc1cc(Br)c(/C=C(/C#N)C(=O)Nc2ccccc2)cc1OCC. The van der Waals surface area contributed by atoms with Crippen molar-refractivity contribution in [1.82, 2.24) is 0 Å². The average molecular weight is 415 g/mol. The largest absolute Gasteiger partial charge is 0.490 e. The minimum absolute atomic E-state index is 0.0128. The predicted molar refractivity (Wildman–Crippen MR) is 105 cm³/mol. The van der Waals surface area contributed by atoms with Gasteiger partial charge in [-0.25, -0.2) is 0 Å². The van der Waals surface area contributed by atoms with Crippen LogP contribution in [-0.2, 0) is 4.79 Å². The van der Waals surface area contributed by atoms with Gasteiger partial charge >= 0.3 is 0 Å². The Labute approximate surface area is 161 Å². The Balaban J connectivity index is 2.34. The Morgan fingerprint density at radius 3 is 2.35 bits per heavy atom. The van der Waals surface area contributed by atoms with Gasteiger partial charge in [-0.1, -0.05) is 34.1 Å². The molecule has 1 N–H and O–H groups in total. The zero-order chi connectivity index (χ0) is 18.9. The van der Waals surface area contributed by atoms with Crippen LogP contribution >= 0.6 is 15.9 Å². The molecule has 0 aliphatic heterocycles. The van der Waals surface area contributed by atoms with Crippen molar-refractivity contribution in [3.8, 4) is 17.6 Å². The number of carbonyl (C=O) groups excluding carboxylic acids is 1. The summed E-state index contributed by atoms with van der Waals surface area (Å²) in [4.78, 5) is 12.4. The molecule has 6 heteroatoms. The summed E-state index contributed by atoms with van der Waals surface area (Å²) in [5.41, 5.74) is 1.26. The third kappa shape index (κ3) is 5.11. The number of para-hydroxylation sites is 1. The summed E-state index contributed by atoms with van der Waals surface area (Å²) < 4.78 is 11.9. The number of amides is 1. The zero-order valence-electron chi connectivity index (χ0n) is 14.6. The first kappa shape index (κ1) is 19.5. The molecule has 0 spiro atoms. The van der Waals surface area contributed by atoms with Gasteiger partial charge in [0.25, 0.3) is 5.91 Å². The van der Waals surface area contributed by atoms with E-state index in [1.54, 1.807) is 24.3 Å². The molecule has 0 saturated carbocycles. The van der Waals surface area contributed by atoms with Crippen molar-refractivity contribution in [3.63, 3.8) is 0 Å². The van der Waals surface area contributed by atoms with Gasteiger partial charge in [-0.2, -0.15) is 5.26 Å². The molecule has 5 nitrogen and oxygen atoms in total. The smallest absolute Gasteiger partial charge is 0.266 e. The van der Waals surface area contributed by atoms with Gasteiger partial charge in [-0.05, 0) is 49.8 Å². The Bertz CT molecular complexity index is 842. The van der Waals surface area contributed by atoms with E-state index in [-0.39, 0.29) is 5.57 Å². The average Bonchev–Trinajstić information content (AvgIpc) is 2.64. The van der Waals surface area contributed by atoms with Crippen molar-refractivity contribution in [3.05, 3.63) is 58.1 Å². The van der Waals surface area contributed by atoms with E-state index in [4.69, 9.17) is 9.47 Å². The molecule has 0 radical (unpaired) electrons. The van der Waals surface area contributed by atoms with E-state index in [1.807, 2.05) is 38.1 Å². The number of benzene rings is 2. The maximum Gasteiger partial charge on any atom is 0.266 e. The fraction of sp³-hybridized carbons (Fsp3) is 0.200. The molecular weight excluding hydrogens is 396 g/mol. The summed E-state index contributed by atoms with van der Waals surface area (Å²) >= 11 is 3.45. The molecule has 0 aliphatic carbocycles. The summed E-state index contributed by atoms with van der Waals surface area (Å²) in [6.07, 6.45) is 1.51. The van der Waals surface area contributed by atoms with Gasteiger partial charge in [-0.15, -0.1) is 0 Å². The molecule has 1 amide bonds. The van der Waals surface area contributed by atoms with Crippen molar-refractivity contribution in [2.75, 3.05) is 18.5 Å². The summed E-state index contributed by atoms with van der Waals surface area (Å²) in [5, 5.41) is 12.1. The highest BCUT2D eigenvalue weighted by molar-refractivity contribution is 9.10. The van der Waals surface area contributed by atoms with Crippen LogP contribution in [0.4, 0.5) is 5.69 Å². The third-order valence-corrected chi connectivity index (χ3v) is 4.05. The molecule has 2 aromatic rings. The number of nitrogens with one attached hydrogen (secondary N) is 1. The third-order valence-electron chi connectivity index (χ3n) is 3.36. The van der Waals surface area contributed by atoms with E-state index in [1.165, 1.54) is 6.08 Å². The first-order chi connectivity index (χ1) is 12.6. The van der Waals surface area contributed by atoms with Gasteiger partial charge in [0, 0.05) is 10.2 Å². The quantitative estimate of drug-likeness (QED) is 0.521. The molecule has 2 rings (SSSR count). The van der Waals surface area contributed by atoms with E-state index in [0.29, 0.717) is 40.4 Å². The normalized spacial score (nSPS) is 10.8. The van der Waals surface area contributed by atoms with E-state index < -0.39 is 5.91 Å². The summed E-state index contributed by atoms with van der Waals surface area (Å²) in [6, 6.07) is 14.4. The lowest BCUT2D eigenvalue weighted by atomic mass is 10.1. The molecule has 0 saturated heterocycles. The van der Waals surface area contributed by atoms with Crippen LogP contribution in [0, 0.1) is 11.3 Å². The highest BCUT2D eigenvalue weighted by Crippen LogP contribution is 2.35. The minimum Gasteiger partial charge on any atom is -0.490 e. The van der Waals surface area contributed by atoms with Crippen LogP contribution in [0.2, 0.25) is 0 Å². The monoisotopic (exact) mass is 414 g/mol. The molecule has 0 heterocycles. The van der Waals surface area contributed by atoms with Crippen molar-refractivity contribution >= 4 is 33.6 Å². The zero-order valence-corrected chi connectivity index (χ0v) is 16.2. The molecule has 0 aliphatic rings. The molecule has 0 aromatic heterocycles. The Morgan fingerprint density at radius 2 is 1.77 bits per heavy atom. The molecule has 0 atom stereocenters. The fourth-order valence-corrected chi connectivity index (χ4v) is 2.66. The number of anilines is 1. The van der Waals surface area contributed by atoms with Crippen molar-refractivity contribution in [1.29, 1.82) is 5.26 Å². The van der Waals surface area contributed by atoms with Gasteiger partial charge in [0.2, 0.25) is 0 Å². The van der Waals surface area contributed by atoms with Gasteiger partial charge in [0.15, 0.2) is 11.5 Å². The van der Waals surface area contributed by atoms with Crippen molar-refractivity contribution in [2.24, 2.45) is 0 Å². The maximum atomic E-state index is 12.4. The van der Waals surface area contributed by atoms with Crippen LogP contribution < -0.4 is 14.8 Å². The summed E-state index contributed by atoms with van der Waals surface area (Å²) in [5.74, 6) is 0.688. The Kier molecular flexibility index (Phi) is 7.24. The number of nitriles is 1. The van der Waals surface area contributed by atoms with E-state index in [2.05, 4.69) is 21.2 Å².